The molecule has 1 heterocycles. The summed E-state index contributed by atoms with van der Waals surface area (Å²) in [6.07, 6.45) is 8.73. The molecule has 5 nitrogen and oxygen atoms in total. The quantitative estimate of drug-likeness (QED) is 0.866. The van der Waals surface area contributed by atoms with E-state index in [9.17, 15) is 4.79 Å². The summed E-state index contributed by atoms with van der Waals surface area (Å²) in [5, 5.41) is 3.18. The van der Waals surface area contributed by atoms with Crippen molar-refractivity contribution in [2.24, 2.45) is 0 Å². The fourth-order valence-electron chi connectivity index (χ4n) is 2.83. The van der Waals surface area contributed by atoms with E-state index in [1.54, 1.807) is 17.0 Å². The fourth-order valence-corrected chi connectivity index (χ4v) is 2.83. The molecule has 20 heavy (non-hydrogen) atoms. The van der Waals surface area contributed by atoms with Crippen LogP contribution in [0, 0.1) is 0 Å². The van der Waals surface area contributed by atoms with Gasteiger partial charge in [0, 0.05) is 37.6 Å². The molecule has 1 fully saturated rings. The summed E-state index contributed by atoms with van der Waals surface area (Å²) < 4.78 is 1.70. The topological polar surface area (TPSA) is 50.2 Å². The Morgan fingerprint density at radius 2 is 2.15 bits per heavy atom. The Morgan fingerprint density at radius 3 is 2.80 bits per heavy atom. The van der Waals surface area contributed by atoms with Crippen molar-refractivity contribution in [1.82, 2.24) is 14.5 Å². The van der Waals surface area contributed by atoms with Crippen LogP contribution in [0.5, 0.6) is 0 Å². The predicted molar refractivity (Wildman–Crippen MR) is 82.3 cm³/mol. The molecule has 112 valence electrons. The van der Waals surface area contributed by atoms with Crippen LogP contribution in [-0.4, -0.2) is 40.6 Å². The number of nitrogens with zero attached hydrogens (tertiary/aromatic N) is 3. The normalized spacial score (nSPS) is 16.2. The molecule has 0 unspecified atom stereocenters. The van der Waals surface area contributed by atoms with Gasteiger partial charge in [-0.2, -0.15) is 0 Å². The number of rotatable bonds is 6. The predicted octanol–water partition coefficient (Wildman–Crippen LogP) is 2.11. The minimum Gasteiger partial charge on any atom is -0.364 e. The van der Waals surface area contributed by atoms with Crippen LogP contribution in [0.4, 0.5) is 5.82 Å². The van der Waals surface area contributed by atoms with Crippen LogP contribution in [0.1, 0.15) is 45.6 Å². The molecule has 1 aromatic heterocycles. The Labute approximate surface area is 121 Å². The summed E-state index contributed by atoms with van der Waals surface area (Å²) in [7, 11) is 2.17. The first kappa shape index (κ1) is 15.0. The number of hydrogen-bond acceptors (Lipinski definition) is 4. The molecule has 0 aliphatic heterocycles. The average molecular weight is 278 g/mol. The lowest BCUT2D eigenvalue weighted by Crippen LogP contribution is -2.34. The minimum atomic E-state index is -0.0361. The first-order valence-electron chi connectivity index (χ1n) is 7.61. The lowest BCUT2D eigenvalue weighted by Gasteiger charge is -2.24. The van der Waals surface area contributed by atoms with Gasteiger partial charge in [0.05, 0.1) is 0 Å². The van der Waals surface area contributed by atoms with E-state index >= 15 is 0 Å². The number of anilines is 1. The SMILES string of the molecule is CC(C)n1ccnc(NCCN(C)C2CCCC2)c1=O. The fraction of sp³-hybridized carbons (Fsp3) is 0.733. The summed E-state index contributed by atoms with van der Waals surface area (Å²) in [5.41, 5.74) is -0.0361. The van der Waals surface area contributed by atoms with Crippen molar-refractivity contribution in [1.29, 1.82) is 0 Å². The summed E-state index contributed by atoms with van der Waals surface area (Å²) in [5.74, 6) is 0.459. The number of aromatic nitrogens is 2. The van der Waals surface area contributed by atoms with Gasteiger partial charge in [-0.15, -0.1) is 0 Å². The molecule has 1 saturated carbocycles. The third-order valence-electron chi connectivity index (χ3n) is 4.13. The number of nitrogens with one attached hydrogen (secondary N) is 1. The smallest absolute Gasteiger partial charge is 0.293 e. The number of hydrogen-bond donors (Lipinski definition) is 1. The second kappa shape index (κ2) is 6.88. The van der Waals surface area contributed by atoms with E-state index in [1.807, 2.05) is 13.8 Å². The highest BCUT2D eigenvalue weighted by molar-refractivity contribution is 5.30. The van der Waals surface area contributed by atoms with Crippen LogP contribution in [0.3, 0.4) is 0 Å². The van der Waals surface area contributed by atoms with Gasteiger partial charge in [0.1, 0.15) is 0 Å². The van der Waals surface area contributed by atoms with Gasteiger partial charge in [-0.05, 0) is 33.7 Å². The largest absolute Gasteiger partial charge is 0.364 e. The van der Waals surface area contributed by atoms with Crippen molar-refractivity contribution in [3.05, 3.63) is 22.7 Å². The third-order valence-corrected chi connectivity index (χ3v) is 4.13. The lowest BCUT2D eigenvalue weighted by atomic mass is 10.2. The molecule has 1 aliphatic carbocycles. The van der Waals surface area contributed by atoms with Gasteiger partial charge < -0.3 is 14.8 Å². The Hall–Kier alpha value is -1.36. The molecule has 0 spiro atoms. The van der Waals surface area contributed by atoms with Gasteiger partial charge >= 0.3 is 0 Å². The van der Waals surface area contributed by atoms with Crippen LogP contribution in [0.2, 0.25) is 0 Å². The zero-order valence-corrected chi connectivity index (χ0v) is 12.8. The molecule has 2 rings (SSSR count). The van der Waals surface area contributed by atoms with Crippen LogP contribution in [-0.2, 0) is 0 Å². The molecule has 0 radical (unpaired) electrons. The molecule has 1 N–H and O–H groups in total. The minimum absolute atomic E-state index is 0.0361. The standard InChI is InChI=1S/C15H26N4O/c1-12(2)19-11-9-17-14(15(19)20)16-8-10-18(3)13-6-4-5-7-13/h9,11-13H,4-8,10H2,1-3H3,(H,16,17). The van der Waals surface area contributed by atoms with Gasteiger partial charge in [-0.25, -0.2) is 4.98 Å². The van der Waals surface area contributed by atoms with Crippen LogP contribution in [0.25, 0.3) is 0 Å². The second-order valence-corrected chi connectivity index (χ2v) is 5.93. The van der Waals surface area contributed by atoms with Crippen molar-refractivity contribution >= 4 is 5.82 Å². The molecule has 1 aliphatic rings. The van der Waals surface area contributed by atoms with Gasteiger partial charge in [-0.1, -0.05) is 12.8 Å². The monoisotopic (exact) mass is 278 g/mol. The average Bonchev–Trinajstić information content (AvgIpc) is 2.94. The first-order valence-corrected chi connectivity index (χ1v) is 7.61. The van der Waals surface area contributed by atoms with E-state index in [2.05, 4.69) is 22.2 Å². The lowest BCUT2D eigenvalue weighted by molar-refractivity contribution is 0.254. The van der Waals surface area contributed by atoms with Crippen molar-refractivity contribution in [2.75, 3.05) is 25.5 Å². The van der Waals surface area contributed by atoms with Gasteiger partial charge in [0.2, 0.25) is 0 Å². The van der Waals surface area contributed by atoms with Crippen molar-refractivity contribution in [2.45, 2.75) is 51.6 Å². The molecule has 0 bridgehead atoms. The van der Waals surface area contributed by atoms with Crippen molar-refractivity contribution in [3.8, 4) is 0 Å². The van der Waals surface area contributed by atoms with E-state index in [0.29, 0.717) is 11.9 Å². The maximum absolute atomic E-state index is 12.2. The molecule has 5 heteroatoms. The van der Waals surface area contributed by atoms with Crippen molar-refractivity contribution < 1.29 is 0 Å². The Balaban J connectivity index is 1.88. The molecule has 0 aromatic carbocycles. The summed E-state index contributed by atoms with van der Waals surface area (Å²) in [4.78, 5) is 18.7. The maximum atomic E-state index is 12.2. The zero-order chi connectivity index (χ0) is 14.5. The third kappa shape index (κ3) is 3.60. The summed E-state index contributed by atoms with van der Waals surface area (Å²) in [6, 6.07) is 0.875. The molecule has 0 amide bonds. The maximum Gasteiger partial charge on any atom is 0.293 e. The van der Waals surface area contributed by atoms with Gasteiger partial charge in [0.15, 0.2) is 5.82 Å². The van der Waals surface area contributed by atoms with Crippen LogP contribution >= 0.6 is 0 Å². The van der Waals surface area contributed by atoms with Crippen LogP contribution < -0.4 is 10.9 Å². The van der Waals surface area contributed by atoms with E-state index in [0.717, 1.165) is 13.1 Å². The zero-order valence-electron chi connectivity index (χ0n) is 12.8. The van der Waals surface area contributed by atoms with Crippen molar-refractivity contribution in [3.63, 3.8) is 0 Å². The second-order valence-electron chi connectivity index (χ2n) is 5.93. The van der Waals surface area contributed by atoms with E-state index in [4.69, 9.17) is 0 Å². The van der Waals surface area contributed by atoms with Gasteiger partial charge in [0.25, 0.3) is 5.56 Å². The molecule has 0 saturated heterocycles. The van der Waals surface area contributed by atoms with E-state index < -0.39 is 0 Å². The van der Waals surface area contributed by atoms with E-state index in [-0.39, 0.29) is 11.6 Å². The summed E-state index contributed by atoms with van der Waals surface area (Å²) in [6.45, 7) is 5.71. The Bertz CT molecular complexity index is 477. The highest BCUT2D eigenvalue weighted by atomic mass is 16.1. The Kier molecular flexibility index (Phi) is 5.17. The number of likely N-dealkylation sites (N-methyl/N-ethyl adjacent to an activating group) is 1. The first-order chi connectivity index (χ1) is 9.59. The van der Waals surface area contributed by atoms with E-state index in [1.165, 1.54) is 25.7 Å². The molecular weight excluding hydrogens is 252 g/mol. The molecule has 1 aromatic rings. The summed E-state index contributed by atoms with van der Waals surface area (Å²) >= 11 is 0. The molecule has 0 atom stereocenters. The molecular formula is C15H26N4O. The van der Waals surface area contributed by atoms with Gasteiger partial charge in [-0.3, -0.25) is 4.79 Å². The Morgan fingerprint density at radius 1 is 1.45 bits per heavy atom. The highest BCUT2D eigenvalue weighted by Gasteiger charge is 2.18. The highest BCUT2D eigenvalue weighted by Crippen LogP contribution is 2.21. The van der Waals surface area contributed by atoms with Crippen LogP contribution in [0.15, 0.2) is 17.2 Å².